The predicted molar refractivity (Wildman–Crippen MR) is 149 cm³/mol. The standard InChI is InChI=1S/C29H28N6O6/c36-34(37)28-6-2-26(3-7-28)22-40-30-20-24-10-16-32(17-11-24)14-1-15-33-18-12-25(13-19-33)21-31-41-23-27-4-8-29(9-5-27)35(38)39/h2-13,16-21H,1,14-15,22-23H2/q+2/b30-20+,31-21+. The second-order valence-corrected chi connectivity index (χ2v) is 8.96. The van der Waals surface area contributed by atoms with E-state index in [1.807, 2.05) is 49.1 Å². The minimum absolute atomic E-state index is 0.0407. The predicted octanol–water partition coefficient (Wildman–Crippen LogP) is 4.27. The quantitative estimate of drug-likeness (QED) is 0.0984. The molecule has 0 unspecified atom stereocenters. The van der Waals surface area contributed by atoms with Gasteiger partial charge in [0, 0.05) is 59.7 Å². The van der Waals surface area contributed by atoms with E-state index in [-0.39, 0.29) is 24.6 Å². The summed E-state index contributed by atoms with van der Waals surface area (Å²) in [5.74, 6) is 0. The molecule has 0 fully saturated rings. The molecule has 0 N–H and O–H groups in total. The summed E-state index contributed by atoms with van der Waals surface area (Å²) in [4.78, 5) is 31.1. The summed E-state index contributed by atoms with van der Waals surface area (Å²) in [7, 11) is 0. The lowest BCUT2D eigenvalue weighted by Gasteiger charge is -2.00. The highest BCUT2D eigenvalue weighted by atomic mass is 16.6. The Bertz CT molecular complexity index is 1370. The molecule has 0 saturated carbocycles. The lowest BCUT2D eigenvalue weighted by Crippen LogP contribution is -2.38. The van der Waals surface area contributed by atoms with Crippen LogP contribution in [0.3, 0.4) is 0 Å². The van der Waals surface area contributed by atoms with Crippen molar-refractivity contribution in [2.24, 2.45) is 10.3 Å². The molecule has 0 aliphatic carbocycles. The minimum Gasteiger partial charge on any atom is -0.391 e. The first-order valence-electron chi connectivity index (χ1n) is 12.7. The van der Waals surface area contributed by atoms with Crippen LogP contribution in [0, 0.1) is 20.2 Å². The maximum absolute atomic E-state index is 10.7. The summed E-state index contributed by atoms with van der Waals surface area (Å²) in [6.45, 7) is 2.15. The molecule has 2 heterocycles. The van der Waals surface area contributed by atoms with E-state index >= 15 is 0 Å². The number of nitro benzene ring substituents is 2. The average molecular weight is 557 g/mol. The summed E-state index contributed by atoms with van der Waals surface area (Å²) in [6, 6.07) is 20.1. The molecule has 208 valence electrons. The van der Waals surface area contributed by atoms with Crippen molar-refractivity contribution >= 4 is 23.8 Å². The van der Waals surface area contributed by atoms with Gasteiger partial charge in [0.05, 0.1) is 28.7 Å². The lowest BCUT2D eigenvalue weighted by atomic mass is 10.2. The van der Waals surface area contributed by atoms with Crippen molar-refractivity contribution in [1.29, 1.82) is 0 Å². The van der Waals surface area contributed by atoms with Gasteiger partial charge in [0.1, 0.15) is 13.2 Å². The Kier molecular flexibility index (Phi) is 10.1. The maximum Gasteiger partial charge on any atom is 0.269 e. The van der Waals surface area contributed by atoms with Crippen molar-refractivity contribution in [3.05, 3.63) is 140 Å². The van der Waals surface area contributed by atoms with Crippen molar-refractivity contribution in [3.8, 4) is 0 Å². The molecule has 0 atom stereocenters. The molecule has 0 bridgehead atoms. The summed E-state index contributed by atoms with van der Waals surface area (Å²) < 4.78 is 4.19. The molecule has 2 aromatic heterocycles. The molecule has 41 heavy (non-hydrogen) atoms. The molecule has 4 aromatic rings. The van der Waals surface area contributed by atoms with Gasteiger partial charge in [-0.25, -0.2) is 9.13 Å². The third kappa shape index (κ3) is 9.32. The molecule has 0 saturated heterocycles. The zero-order valence-corrected chi connectivity index (χ0v) is 22.1. The SMILES string of the molecule is O=[N+]([O-])c1ccc(CO/N=C/c2cc[n+](CCC[n+]3ccc(/C=N/OCc4ccc([N+](=O)[O-])cc4)cc3)cc2)cc1. The van der Waals surface area contributed by atoms with E-state index in [9.17, 15) is 20.2 Å². The van der Waals surface area contributed by atoms with Crippen LogP contribution in [-0.2, 0) is 36.0 Å². The number of nitro groups is 2. The molecule has 0 aliphatic heterocycles. The summed E-state index contributed by atoms with van der Waals surface area (Å²) >= 11 is 0. The highest BCUT2D eigenvalue weighted by Crippen LogP contribution is 2.13. The fourth-order valence-corrected chi connectivity index (χ4v) is 3.69. The maximum atomic E-state index is 10.7. The fourth-order valence-electron chi connectivity index (χ4n) is 3.69. The number of hydrogen-bond acceptors (Lipinski definition) is 8. The number of benzene rings is 2. The van der Waals surface area contributed by atoms with Gasteiger partial charge in [0.15, 0.2) is 37.9 Å². The first-order chi connectivity index (χ1) is 20.0. The average Bonchev–Trinajstić information content (AvgIpc) is 2.99. The van der Waals surface area contributed by atoms with Gasteiger partial charge >= 0.3 is 0 Å². The minimum atomic E-state index is -0.439. The Labute approximate surface area is 235 Å². The Balaban J connectivity index is 1.13. The molecular weight excluding hydrogens is 528 g/mol. The number of oxime groups is 2. The number of hydrogen-bond donors (Lipinski definition) is 0. The van der Waals surface area contributed by atoms with E-state index in [4.69, 9.17) is 9.68 Å². The fraction of sp³-hybridized carbons (Fsp3) is 0.172. The van der Waals surface area contributed by atoms with Crippen LogP contribution in [0.4, 0.5) is 11.4 Å². The van der Waals surface area contributed by atoms with Crippen LogP contribution in [-0.4, -0.2) is 22.3 Å². The Morgan fingerprint density at radius 1 is 0.610 bits per heavy atom. The first-order valence-corrected chi connectivity index (χ1v) is 12.7. The second-order valence-electron chi connectivity index (χ2n) is 8.96. The van der Waals surface area contributed by atoms with Crippen LogP contribution in [0.25, 0.3) is 0 Å². The van der Waals surface area contributed by atoms with Gasteiger partial charge < -0.3 is 9.68 Å². The van der Waals surface area contributed by atoms with Crippen molar-refractivity contribution in [3.63, 3.8) is 0 Å². The molecule has 12 heteroatoms. The van der Waals surface area contributed by atoms with Crippen molar-refractivity contribution < 1.29 is 28.7 Å². The molecule has 0 aliphatic rings. The normalized spacial score (nSPS) is 11.1. The molecule has 0 radical (unpaired) electrons. The van der Waals surface area contributed by atoms with E-state index in [1.54, 1.807) is 36.7 Å². The zero-order valence-electron chi connectivity index (χ0n) is 22.1. The largest absolute Gasteiger partial charge is 0.391 e. The van der Waals surface area contributed by atoms with Gasteiger partial charge in [-0.15, -0.1) is 0 Å². The third-order valence-electron chi connectivity index (χ3n) is 5.98. The van der Waals surface area contributed by atoms with Gasteiger partial charge in [0.25, 0.3) is 11.4 Å². The third-order valence-corrected chi connectivity index (χ3v) is 5.98. The Morgan fingerprint density at radius 3 is 1.32 bits per heavy atom. The first kappa shape index (κ1) is 28.5. The number of nitrogens with zero attached hydrogens (tertiary/aromatic N) is 6. The molecule has 12 nitrogen and oxygen atoms in total. The number of rotatable bonds is 14. The van der Waals surface area contributed by atoms with E-state index in [0.29, 0.717) is 0 Å². The van der Waals surface area contributed by atoms with Gasteiger partial charge in [-0.1, -0.05) is 10.3 Å². The molecule has 0 amide bonds. The van der Waals surface area contributed by atoms with E-state index in [1.165, 1.54) is 24.3 Å². The van der Waals surface area contributed by atoms with Crippen molar-refractivity contribution in [1.82, 2.24) is 0 Å². The lowest BCUT2D eigenvalue weighted by molar-refractivity contribution is -0.726. The molecule has 0 spiro atoms. The van der Waals surface area contributed by atoms with Gasteiger partial charge in [0.2, 0.25) is 0 Å². The smallest absolute Gasteiger partial charge is 0.269 e. The topological polar surface area (TPSA) is 137 Å². The second kappa shape index (κ2) is 14.6. The van der Waals surface area contributed by atoms with Gasteiger partial charge in [-0.05, 0) is 35.4 Å². The van der Waals surface area contributed by atoms with Crippen LogP contribution >= 0.6 is 0 Å². The Morgan fingerprint density at radius 2 is 0.976 bits per heavy atom. The van der Waals surface area contributed by atoms with Gasteiger partial charge in [-0.2, -0.15) is 0 Å². The zero-order chi connectivity index (χ0) is 28.9. The van der Waals surface area contributed by atoms with Crippen LogP contribution < -0.4 is 9.13 Å². The van der Waals surface area contributed by atoms with Crippen molar-refractivity contribution in [2.75, 3.05) is 0 Å². The molecule has 4 rings (SSSR count). The van der Waals surface area contributed by atoms with Crippen LogP contribution in [0.2, 0.25) is 0 Å². The van der Waals surface area contributed by atoms with Crippen LogP contribution in [0.5, 0.6) is 0 Å². The van der Waals surface area contributed by atoms with Gasteiger partial charge in [-0.3, -0.25) is 20.2 Å². The number of aromatic nitrogens is 2. The summed E-state index contributed by atoms with van der Waals surface area (Å²) in [5.41, 5.74) is 3.47. The van der Waals surface area contributed by atoms with Crippen LogP contribution in [0.15, 0.2) is 108 Å². The summed E-state index contributed by atoms with van der Waals surface area (Å²) in [5, 5.41) is 29.3. The van der Waals surface area contributed by atoms with Crippen molar-refractivity contribution in [2.45, 2.75) is 32.7 Å². The van der Waals surface area contributed by atoms with Crippen LogP contribution in [0.1, 0.15) is 28.7 Å². The van der Waals surface area contributed by atoms with E-state index < -0.39 is 9.85 Å². The highest BCUT2D eigenvalue weighted by molar-refractivity contribution is 5.78. The van der Waals surface area contributed by atoms with E-state index in [0.717, 1.165) is 41.8 Å². The monoisotopic (exact) mass is 556 g/mol. The number of non-ortho nitro benzene ring substituents is 2. The Hall–Kier alpha value is -5.52. The highest BCUT2D eigenvalue weighted by Gasteiger charge is 2.07. The number of aryl methyl sites for hydroxylation is 2. The van der Waals surface area contributed by atoms with E-state index in [2.05, 4.69) is 19.4 Å². The number of pyridine rings is 2. The molecular formula is C29H28N6O6+2. The summed E-state index contributed by atoms with van der Waals surface area (Å²) in [6.07, 6.45) is 12.1. The molecule has 2 aromatic carbocycles.